The third-order valence-electron chi connectivity index (χ3n) is 3.87. The van der Waals surface area contributed by atoms with Crippen molar-refractivity contribution in [2.45, 2.75) is 23.7 Å². The van der Waals surface area contributed by atoms with Crippen LogP contribution < -0.4 is 10.6 Å². The van der Waals surface area contributed by atoms with E-state index in [0.29, 0.717) is 10.7 Å². The summed E-state index contributed by atoms with van der Waals surface area (Å²) in [6.45, 7) is 1.43. The second-order valence-corrected chi connectivity index (χ2v) is 8.44. The maximum Gasteiger partial charge on any atom is 0.226 e. The lowest BCUT2D eigenvalue weighted by Crippen LogP contribution is -2.29. The average molecular weight is 420 g/mol. The smallest absolute Gasteiger partial charge is 0.226 e. The highest BCUT2D eigenvalue weighted by Gasteiger charge is 2.17. The Kier molecular flexibility index (Phi) is 6.36. The van der Waals surface area contributed by atoms with Crippen LogP contribution in [0, 0.1) is 0 Å². The van der Waals surface area contributed by atoms with Gasteiger partial charge in [0.15, 0.2) is 4.34 Å². The number of rotatable bonds is 6. The first-order valence-corrected chi connectivity index (χ1v) is 10.6. The van der Waals surface area contributed by atoms with Gasteiger partial charge in [-0.2, -0.15) is 0 Å². The Balaban J connectivity index is 1.73. The number of thioether (sulfide) groups is 1. The molecule has 1 unspecified atom stereocenters. The van der Waals surface area contributed by atoms with Gasteiger partial charge in [-0.05, 0) is 42.2 Å². The summed E-state index contributed by atoms with van der Waals surface area (Å²) in [6, 6.07) is 12.3. The fraction of sp³-hybridized carbons (Fsp3) is 0.211. The minimum absolute atomic E-state index is 0.123. The fourth-order valence-corrected chi connectivity index (χ4v) is 4.31. The zero-order valence-corrected chi connectivity index (χ0v) is 17.2. The van der Waals surface area contributed by atoms with Crippen molar-refractivity contribution < 1.29 is 9.59 Å². The van der Waals surface area contributed by atoms with E-state index in [9.17, 15) is 9.59 Å². The van der Waals surface area contributed by atoms with Crippen molar-refractivity contribution in [3.8, 4) is 0 Å². The molecule has 0 radical (unpaired) electrons. The van der Waals surface area contributed by atoms with Crippen LogP contribution in [0.4, 0.5) is 5.69 Å². The van der Waals surface area contributed by atoms with Crippen molar-refractivity contribution in [1.29, 1.82) is 0 Å². The summed E-state index contributed by atoms with van der Waals surface area (Å²) in [4.78, 5) is 28.6. The van der Waals surface area contributed by atoms with Gasteiger partial charge < -0.3 is 10.6 Å². The summed E-state index contributed by atoms with van der Waals surface area (Å²) in [7, 11) is 0. The van der Waals surface area contributed by atoms with Gasteiger partial charge in [-0.1, -0.05) is 35.5 Å². The van der Waals surface area contributed by atoms with Gasteiger partial charge in [-0.25, -0.2) is 4.98 Å². The Morgan fingerprint density at radius 3 is 2.63 bits per heavy atom. The van der Waals surface area contributed by atoms with Crippen LogP contribution in [0.3, 0.4) is 0 Å². The van der Waals surface area contributed by atoms with E-state index in [-0.39, 0.29) is 18.2 Å². The lowest BCUT2D eigenvalue weighted by atomic mass is 10.0. The van der Waals surface area contributed by atoms with E-state index < -0.39 is 6.04 Å². The molecule has 140 valence electrons. The first kappa shape index (κ1) is 19.7. The van der Waals surface area contributed by atoms with E-state index in [1.165, 1.54) is 6.92 Å². The predicted molar refractivity (Wildman–Crippen MR) is 113 cm³/mol. The van der Waals surface area contributed by atoms with E-state index in [4.69, 9.17) is 11.6 Å². The number of anilines is 1. The summed E-state index contributed by atoms with van der Waals surface area (Å²) in [6.07, 6.45) is 2.11. The minimum Gasteiger partial charge on any atom is -0.349 e. The number of carbonyl (C=O) groups is 2. The van der Waals surface area contributed by atoms with Crippen LogP contribution in [-0.4, -0.2) is 23.1 Å². The average Bonchev–Trinajstić information content (AvgIpc) is 3.04. The lowest BCUT2D eigenvalue weighted by Gasteiger charge is -2.18. The van der Waals surface area contributed by atoms with Crippen LogP contribution >= 0.6 is 34.7 Å². The quantitative estimate of drug-likeness (QED) is 0.558. The van der Waals surface area contributed by atoms with E-state index in [1.54, 1.807) is 35.2 Å². The molecule has 1 aromatic heterocycles. The second-order valence-electron chi connectivity index (χ2n) is 5.92. The molecule has 2 aromatic carbocycles. The Morgan fingerprint density at radius 1 is 1.22 bits per heavy atom. The van der Waals surface area contributed by atoms with Crippen LogP contribution in [0.15, 0.2) is 46.8 Å². The topological polar surface area (TPSA) is 71.1 Å². The number of amides is 2. The van der Waals surface area contributed by atoms with E-state index in [1.807, 2.05) is 36.6 Å². The molecule has 2 amide bonds. The molecule has 0 spiro atoms. The zero-order valence-electron chi connectivity index (χ0n) is 14.8. The summed E-state index contributed by atoms with van der Waals surface area (Å²) >= 11 is 9.11. The van der Waals surface area contributed by atoms with Gasteiger partial charge in [-0.3, -0.25) is 9.59 Å². The Hall–Kier alpha value is -2.09. The highest BCUT2D eigenvalue weighted by Crippen LogP contribution is 2.30. The van der Waals surface area contributed by atoms with Gasteiger partial charge in [0.2, 0.25) is 11.8 Å². The van der Waals surface area contributed by atoms with Crippen LogP contribution in [0.1, 0.15) is 24.9 Å². The van der Waals surface area contributed by atoms with Gasteiger partial charge in [0, 0.05) is 17.6 Å². The normalized spacial score (nSPS) is 12.0. The summed E-state index contributed by atoms with van der Waals surface area (Å²) in [5, 5.41) is 6.33. The molecular weight excluding hydrogens is 402 g/mol. The summed E-state index contributed by atoms with van der Waals surface area (Å²) in [5.41, 5.74) is 2.45. The summed E-state index contributed by atoms with van der Waals surface area (Å²) in [5.74, 6) is -0.379. The SMILES string of the molecule is CSc1nc2ccc(NC(=O)CC(NC(C)=O)c3ccc(Cl)cc3)cc2s1. The largest absolute Gasteiger partial charge is 0.349 e. The molecule has 0 saturated carbocycles. The van der Waals surface area contributed by atoms with Gasteiger partial charge >= 0.3 is 0 Å². The van der Waals surface area contributed by atoms with Crippen LogP contribution in [-0.2, 0) is 9.59 Å². The molecule has 0 aliphatic rings. The highest BCUT2D eigenvalue weighted by molar-refractivity contribution is 8.00. The van der Waals surface area contributed by atoms with Gasteiger partial charge in [-0.15, -0.1) is 11.3 Å². The van der Waals surface area contributed by atoms with Gasteiger partial charge in [0.05, 0.1) is 22.7 Å². The molecule has 27 heavy (non-hydrogen) atoms. The molecule has 8 heteroatoms. The molecule has 0 aliphatic heterocycles. The van der Waals surface area contributed by atoms with Crippen molar-refractivity contribution in [2.24, 2.45) is 0 Å². The van der Waals surface area contributed by atoms with Crippen molar-refractivity contribution in [3.63, 3.8) is 0 Å². The highest BCUT2D eigenvalue weighted by atomic mass is 35.5. The van der Waals surface area contributed by atoms with Crippen LogP contribution in [0.2, 0.25) is 5.02 Å². The lowest BCUT2D eigenvalue weighted by molar-refractivity contribution is -0.120. The maximum atomic E-state index is 12.5. The number of halogens is 1. The number of thiazole rings is 1. The molecule has 3 aromatic rings. The number of hydrogen-bond acceptors (Lipinski definition) is 5. The molecule has 0 fully saturated rings. The molecule has 0 bridgehead atoms. The van der Waals surface area contributed by atoms with Crippen molar-refractivity contribution in [2.75, 3.05) is 11.6 Å². The fourth-order valence-electron chi connectivity index (χ4n) is 2.66. The number of nitrogens with one attached hydrogen (secondary N) is 2. The maximum absolute atomic E-state index is 12.5. The number of benzene rings is 2. The molecule has 3 rings (SSSR count). The third-order valence-corrected chi connectivity index (χ3v) is 6.12. The zero-order chi connectivity index (χ0) is 19.4. The standard InChI is InChI=1S/C19H18ClN3O2S2/c1-11(24)21-16(12-3-5-13(20)6-4-12)10-18(25)22-14-7-8-15-17(9-14)27-19(23-15)26-2/h3-9,16H,10H2,1-2H3,(H,21,24)(H,22,25). The van der Waals surface area contributed by atoms with E-state index in [2.05, 4.69) is 15.6 Å². The molecule has 1 atom stereocenters. The third kappa shape index (κ3) is 5.22. The Bertz CT molecular complexity index is 973. The second kappa shape index (κ2) is 8.73. The Labute approximate surface area is 170 Å². The molecule has 0 aliphatic carbocycles. The minimum atomic E-state index is -0.421. The predicted octanol–water partition coefficient (Wildman–Crippen LogP) is 4.88. The number of aromatic nitrogens is 1. The van der Waals surface area contributed by atoms with Crippen molar-refractivity contribution >= 4 is 62.4 Å². The first-order chi connectivity index (χ1) is 12.9. The first-order valence-electron chi connectivity index (χ1n) is 8.21. The monoisotopic (exact) mass is 419 g/mol. The Morgan fingerprint density at radius 2 is 1.96 bits per heavy atom. The number of hydrogen-bond donors (Lipinski definition) is 2. The molecule has 5 nitrogen and oxygen atoms in total. The number of nitrogens with zero attached hydrogens (tertiary/aromatic N) is 1. The molecule has 2 N–H and O–H groups in total. The van der Waals surface area contributed by atoms with Crippen LogP contribution in [0.25, 0.3) is 10.2 Å². The molecular formula is C19H18ClN3O2S2. The van der Waals surface area contributed by atoms with Crippen molar-refractivity contribution in [1.82, 2.24) is 10.3 Å². The van der Waals surface area contributed by atoms with E-state index in [0.717, 1.165) is 20.1 Å². The van der Waals surface area contributed by atoms with E-state index >= 15 is 0 Å². The van der Waals surface area contributed by atoms with Gasteiger partial charge in [0.25, 0.3) is 0 Å². The number of carbonyl (C=O) groups excluding carboxylic acids is 2. The van der Waals surface area contributed by atoms with Crippen LogP contribution in [0.5, 0.6) is 0 Å². The van der Waals surface area contributed by atoms with Gasteiger partial charge in [0.1, 0.15) is 0 Å². The summed E-state index contributed by atoms with van der Waals surface area (Å²) < 4.78 is 2.01. The van der Waals surface area contributed by atoms with Crippen molar-refractivity contribution in [3.05, 3.63) is 53.1 Å². The molecule has 1 heterocycles. The molecule has 0 saturated heterocycles. The number of fused-ring (bicyclic) bond motifs is 1.